The summed E-state index contributed by atoms with van der Waals surface area (Å²) >= 11 is 4.95. The lowest BCUT2D eigenvalue weighted by atomic mass is 10.2. The molecule has 0 fully saturated rings. The van der Waals surface area contributed by atoms with Gasteiger partial charge in [0.15, 0.2) is 0 Å². The minimum atomic E-state index is -0.249. The summed E-state index contributed by atoms with van der Waals surface area (Å²) in [6, 6.07) is 5.15. The molecule has 0 aliphatic heterocycles. The minimum Gasteiger partial charge on any atom is -0.309 e. The lowest BCUT2D eigenvalue weighted by Gasteiger charge is -2.11. The molecule has 2 rings (SSSR count). The second-order valence-corrected chi connectivity index (χ2v) is 6.75. The molecule has 0 spiro atoms. The Morgan fingerprint density at radius 3 is 2.80 bits per heavy atom. The molecule has 0 saturated carbocycles. The molecule has 1 heterocycles. The summed E-state index contributed by atoms with van der Waals surface area (Å²) in [4.78, 5) is 5.80. The van der Waals surface area contributed by atoms with Crippen LogP contribution in [0.2, 0.25) is 0 Å². The maximum atomic E-state index is 13.5. The molecule has 5 heteroatoms. The lowest BCUT2D eigenvalue weighted by Crippen LogP contribution is -2.18. The fraction of sp³-hybridized carbons (Fsp3) is 0.400. The van der Waals surface area contributed by atoms with E-state index in [1.165, 1.54) is 17.0 Å². The molecule has 0 saturated heterocycles. The van der Waals surface area contributed by atoms with Crippen molar-refractivity contribution in [3.63, 3.8) is 0 Å². The van der Waals surface area contributed by atoms with E-state index in [0.717, 1.165) is 33.7 Å². The van der Waals surface area contributed by atoms with E-state index in [0.29, 0.717) is 0 Å². The third-order valence-corrected chi connectivity index (χ3v) is 4.88. The van der Waals surface area contributed by atoms with E-state index in [1.807, 2.05) is 13.0 Å². The van der Waals surface area contributed by atoms with Crippen LogP contribution in [0.4, 0.5) is 4.39 Å². The van der Waals surface area contributed by atoms with Crippen molar-refractivity contribution in [3.05, 3.63) is 39.1 Å². The van der Waals surface area contributed by atoms with Crippen molar-refractivity contribution in [2.75, 3.05) is 6.54 Å². The van der Waals surface area contributed by atoms with Crippen LogP contribution < -0.4 is 5.32 Å². The van der Waals surface area contributed by atoms with Gasteiger partial charge in [0.2, 0.25) is 0 Å². The highest BCUT2D eigenvalue weighted by molar-refractivity contribution is 9.10. The third-order valence-electron chi connectivity index (χ3n) is 3.04. The first-order valence-corrected chi connectivity index (χ1v) is 8.29. The summed E-state index contributed by atoms with van der Waals surface area (Å²) in [6.45, 7) is 7.28. The molecule has 1 atom stereocenters. The molecule has 0 bridgehead atoms. The second kappa shape index (κ2) is 6.78. The van der Waals surface area contributed by atoms with Crippen LogP contribution in [0.5, 0.6) is 0 Å². The van der Waals surface area contributed by atoms with Crippen molar-refractivity contribution in [2.45, 2.75) is 33.2 Å². The Morgan fingerprint density at radius 1 is 1.40 bits per heavy atom. The highest BCUT2D eigenvalue weighted by Crippen LogP contribution is 2.33. The van der Waals surface area contributed by atoms with Crippen molar-refractivity contribution in [1.29, 1.82) is 0 Å². The van der Waals surface area contributed by atoms with E-state index in [-0.39, 0.29) is 11.9 Å². The van der Waals surface area contributed by atoms with Crippen LogP contribution >= 0.6 is 27.3 Å². The predicted molar refractivity (Wildman–Crippen MR) is 86.7 cm³/mol. The Morgan fingerprint density at radius 2 is 2.15 bits per heavy atom. The Bertz CT molecular complexity index is 577. The van der Waals surface area contributed by atoms with E-state index < -0.39 is 0 Å². The summed E-state index contributed by atoms with van der Waals surface area (Å²) in [6.07, 6.45) is 1.10. The smallest absolute Gasteiger partial charge is 0.125 e. The van der Waals surface area contributed by atoms with Gasteiger partial charge in [-0.2, -0.15) is 0 Å². The van der Waals surface area contributed by atoms with Gasteiger partial charge < -0.3 is 5.32 Å². The molecule has 20 heavy (non-hydrogen) atoms. The summed E-state index contributed by atoms with van der Waals surface area (Å²) in [5.74, 6) is -0.249. The molecule has 1 aromatic heterocycles. The van der Waals surface area contributed by atoms with Gasteiger partial charge in [-0.3, -0.25) is 0 Å². The Labute approximate surface area is 131 Å². The van der Waals surface area contributed by atoms with Crippen LogP contribution in [0.3, 0.4) is 0 Å². The molecule has 0 aliphatic carbocycles. The first-order chi connectivity index (χ1) is 9.51. The van der Waals surface area contributed by atoms with Crippen molar-refractivity contribution < 1.29 is 4.39 Å². The second-order valence-electron chi connectivity index (χ2n) is 4.80. The number of thiazole rings is 1. The first kappa shape index (κ1) is 15.6. The number of nitrogens with one attached hydrogen (secondary N) is 1. The molecule has 0 radical (unpaired) electrons. The molecule has 2 nitrogen and oxygen atoms in total. The van der Waals surface area contributed by atoms with Crippen molar-refractivity contribution in [2.24, 2.45) is 0 Å². The third kappa shape index (κ3) is 3.65. The van der Waals surface area contributed by atoms with Crippen molar-refractivity contribution in [1.82, 2.24) is 10.3 Å². The fourth-order valence-electron chi connectivity index (χ4n) is 2.06. The van der Waals surface area contributed by atoms with Gasteiger partial charge in [-0.1, -0.05) is 22.9 Å². The van der Waals surface area contributed by atoms with Crippen LogP contribution in [-0.2, 0) is 0 Å². The zero-order valence-electron chi connectivity index (χ0n) is 11.8. The van der Waals surface area contributed by atoms with Crippen LogP contribution in [-0.4, -0.2) is 11.5 Å². The largest absolute Gasteiger partial charge is 0.309 e. The quantitative estimate of drug-likeness (QED) is 0.807. The van der Waals surface area contributed by atoms with Crippen molar-refractivity contribution in [3.8, 4) is 10.6 Å². The van der Waals surface area contributed by atoms with E-state index in [9.17, 15) is 4.39 Å². The number of aromatic nitrogens is 1. The van der Waals surface area contributed by atoms with Crippen LogP contribution in [0.15, 0.2) is 22.7 Å². The molecular weight excluding hydrogens is 339 g/mol. The number of nitrogens with zero attached hydrogens (tertiary/aromatic N) is 1. The number of rotatable bonds is 5. The Kier molecular flexibility index (Phi) is 5.29. The lowest BCUT2D eigenvalue weighted by molar-refractivity contribution is 0.575. The predicted octanol–water partition coefficient (Wildman–Crippen LogP) is 5.08. The van der Waals surface area contributed by atoms with E-state index in [4.69, 9.17) is 0 Å². The van der Waals surface area contributed by atoms with Gasteiger partial charge in [0.05, 0.1) is 5.69 Å². The standard InChI is InChI=1S/C15H18BrFN2S/c1-4-5-18-9(2)14-10(3)19-15(20-14)11-6-12(16)8-13(17)7-11/h6-9,18H,4-5H2,1-3H3. The van der Waals surface area contributed by atoms with Crippen LogP contribution in [0.1, 0.15) is 36.9 Å². The minimum absolute atomic E-state index is 0.249. The van der Waals surface area contributed by atoms with Gasteiger partial charge in [-0.15, -0.1) is 11.3 Å². The molecule has 1 N–H and O–H groups in total. The maximum Gasteiger partial charge on any atom is 0.125 e. The average Bonchev–Trinajstić information content (AvgIpc) is 2.77. The zero-order chi connectivity index (χ0) is 14.7. The maximum absolute atomic E-state index is 13.5. The van der Waals surface area contributed by atoms with E-state index in [2.05, 4.69) is 40.1 Å². The summed E-state index contributed by atoms with van der Waals surface area (Å²) in [5.41, 5.74) is 1.83. The highest BCUT2D eigenvalue weighted by atomic mass is 79.9. The molecule has 108 valence electrons. The van der Waals surface area contributed by atoms with Crippen LogP contribution in [0.25, 0.3) is 10.6 Å². The van der Waals surface area contributed by atoms with Gasteiger partial charge in [-0.25, -0.2) is 9.37 Å². The zero-order valence-corrected chi connectivity index (χ0v) is 14.2. The summed E-state index contributed by atoms with van der Waals surface area (Å²) in [5, 5.41) is 4.33. The van der Waals surface area contributed by atoms with Gasteiger partial charge in [0.1, 0.15) is 10.8 Å². The Hall–Kier alpha value is -0.780. The number of halogens is 2. The fourth-order valence-corrected chi connectivity index (χ4v) is 3.61. The van der Waals surface area contributed by atoms with Crippen molar-refractivity contribution >= 4 is 27.3 Å². The average molecular weight is 357 g/mol. The number of benzene rings is 1. The van der Waals surface area contributed by atoms with Gasteiger partial charge >= 0.3 is 0 Å². The molecule has 0 aliphatic rings. The van der Waals surface area contributed by atoms with Gasteiger partial charge in [0, 0.05) is 21.0 Å². The molecule has 0 amide bonds. The van der Waals surface area contributed by atoms with E-state index in [1.54, 1.807) is 11.3 Å². The topological polar surface area (TPSA) is 24.9 Å². The van der Waals surface area contributed by atoms with Gasteiger partial charge in [0.25, 0.3) is 0 Å². The Balaban J connectivity index is 2.30. The highest BCUT2D eigenvalue weighted by Gasteiger charge is 2.15. The van der Waals surface area contributed by atoms with Gasteiger partial charge in [-0.05, 0) is 45.0 Å². The monoisotopic (exact) mass is 356 g/mol. The number of hydrogen-bond donors (Lipinski definition) is 1. The summed E-state index contributed by atoms with van der Waals surface area (Å²) < 4.78 is 14.2. The van der Waals surface area contributed by atoms with E-state index >= 15 is 0 Å². The molecule has 2 aromatic rings. The molecule has 1 unspecified atom stereocenters. The molecule has 1 aromatic carbocycles. The number of hydrogen-bond acceptors (Lipinski definition) is 3. The SMILES string of the molecule is CCCNC(C)c1sc(-c2cc(F)cc(Br)c2)nc1C. The first-order valence-electron chi connectivity index (χ1n) is 6.68. The molecular formula is C15H18BrFN2S. The number of aryl methyl sites for hydroxylation is 1. The normalized spacial score (nSPS) is 12.7. The summed E-state index contributed by atoms with van der Waals surface area (Å²) in [7, 11) is 0. The van der Waals surface area contributed by atoms with Crippen LogP contribution in [0, 0.1) is 12.7 Å².